The van der Waals surface area contributed by atoms with Crippen molar-refractivity contribution in [2.45, 2.75) is 32.9 Å². The van der Waals surface area contributed by atoms with Gasteiger partial charge >= 0.3 is 0 Å². The minimum atomic E-state index is 0.115. The van der Waals surface area contributed by atoms with E-state index in [1.54, 1.807) is 7.11 Å². The smallest absolute Gasteiger partial charge is 0.123 e. The van der Waals surface area contributed by atoms with E-state index >= 15 is 0 Å². The van der Waals surface area contributed by atoms with E-state index in [4.69, 9.17) is 4.74 Å². The lowest BCUT2D eigenvalue weighted by atomic mass is 10.0. The van der Waals surface area contributed by atoms with Crippen LogP contribution in [0.3, 0.4) is 0 Å². The van der Waals surface area contributed by atoms with Crippen LogP contribution in [0.5, 0.6) is 5.75 Å². The predicted molar refractivity (Wildman–Crippen MR) is 77.2 cm³/mol. The molecule has 1 aromatic carbocycles. The molecular formula is C15H26N2O. The standard InChI is InChI=1S/C15H26N2O/c1-12-7-8-14(18-6)13(9-12)10-17(5)15(2,3)11-16-4/h7-9,16H,10-11H2,1-6H3. The van der Waals surface area contributed by atoms with Crippen molar-refractivity contribution in [2.75, 3.05) is 27.7 Å². The second-order valence-electron chi connectivity index (χ2n) is 5.51. The zero-order chi connectivity index (χ0) is 13.8. The summed E-state index contributed by atoms with van der Waals surface area (Å²) >= 11 is 0. The summed E-state index contributed by atoms with van der Waals surface area (Å²) in [7, 11) is 5.87. The number of methoxy groups -OCH3 is 1. The van der Waals surface area contributed by atoms with Gasteiger partial charge in [-0.3, -0.25) is 4.90 Å². The van der Waals surface area contributed by atoms with E-state index in [1.165, 1.54) is 11.1 Å². The molecule has 1 N–H and O–H groups in total. The Kier molecular flexibility index (Phi) is 5.17. The Morgan fingerprint density at radius 2 is 2.00 bits per heavy atom. The van der Waals surface area contributed by atoms with Crippen LogP contribution in [0.1, 0.15) is 25.0 Å². The maximum absolute atomic E-state index is 5.43. The van der Waals surface area contributed by atoms with Crippen LogP contribution in [0.4, 0.5) is 0 Å². The van der Waals surface area contributed by atoms with E-state index in [-0.39, 0.29) is 5.54 Å². The lowest BCUT2D eigenvalue weighted by molar-refractivity contribution is 0.146. The molecule has 0 saturated heterocycles. The molecule has 0 saturated carbocycles. The number of rotatable bonds is 6. The van der Waals surface area contributed by atoms with Crippen molar-refractivity contribution in [3.05, 3.63) is 29.3 Å². The number of benzene rings is 1. The molecule has 0 bridgehead atoms. The van der Waals surface area contributed by atoms with Crippen molar-refractivity contribution in [3.8, 4) is 5.75 Å². The summed E-state index contributed by atoms with van der Waals surface area (Å²) in [5.41, 5.74) is 2.62. The summed E-state index contributed by atoms with van der Waals surface area (Å²) in [6, 6.07) is 6.33. The van der Waals surface area contributed by atoms with Crippen LogP contribution in [0.15, 0.2) is 18.2 Å². The van der Waals surface area contributed by atoms with Crippen molar-refractivity contribution >= 4 is 0 Å². The minimum absolute atomic E-state index is 0.115. The van der Waals surface area contributed by atoms with Crippen LogP contribution in [-0.4, -0.2) is 38.2 Å². The highest BCUT2D eigenvalue weighted by molar-refractivity contribution is 5.36. The van der Waals surface area contributed by atoms with Gasteiger partial charge in [0, 0.05) is 24.2 Å². The molecule has 3 nitrogen and oxygen atoms in total. The molecule has 0 aliphatic carbocycles. The number of ether oxygens (including phenoxy) is 1. The van der Waals surface area contributed by atoms with Crippen LogP contribution < -0.4 is 10.1 Å². The van der Waals surface area contributed by atoms with E-state index < -0.39 is 0 Å². The highest BCUT2D eigenvalue weighted by atomic mass is 16.5. The lowest BCUT2D eigenvalue weighted by Crippen LogP contribution is -2.47. The van der Waals surface area contributed by atoms with Crippen molar-refractivity contribution in [1.29, 1.82) is 0 Å². The molecule has 0 heterocycles. The molecule has 0 atom stereocenters. The van der Waals surface area contributed by atoms with Gasteiger partial charge in [-0.1, -0.05) is 17.7 Å². The Hall–Kier alpha value is -1.06. The Morgan fingerprint density at radius 1 is 1.33 bits per heavy atom. The molecule has 102 valence electrons. The fraction of sp³-hybridized carbons (Fsp3) is 0.600. The molecule has 0 aliphatic heterocycles. The molecular weight excluding hydrogens is 224 g/mol. The van der Waals surface area contributed by atoms with Gasteiger partial charge in [-0.05, 0) is 40.9 Å². The molecule has 3 heteroatoms. The number of likely N-dealkylation sites (N-methyl/N-ethyl adjacent to an activating group) is 2. The topological polar surface area (TPSA) is 24.5 Å². The first kappa shape index (κ1) is 15.0. The van der Waals surface area contributed by atoms with E-state index in [1.807, 2.05) is 13.1 Å². The summed E-state index contributed by atoms with van der Waals surface area (Å²) < 4.78 is 5.43. The van der Waals surface area contributed by atoms with Crippen molar-refractivity contribution in [3.63, 3.8) is 0 Å². The first-order valence-electron chi connectivity index (χ1n) is 6.40. The van der Waals surface area contributed by atoms with Crippen LogP contribution in [0.2, 0.25) is 0 Å². The number of hydrogen-bond acceptors (Lipinski definition) is 3. The monoisotopic (exact) mass is 250 g/mol. The van der Waals surface area contributed by atoms with Crippen molar-refractivity contribution in [2.24, 2.45) is 0 Å². The third-order valence-corrected chi connectivity index (χ3v) is 3.49. The van der Waals surface area contributed by atoms with Gasteiger partial charge in [0.25, 0.3) is 0 Å². The average molecular weight is 250 g/mol. The molecule has 0 unspecified atom stereocenters. The van der Waals surface area contributed by atoms with Crippen LogP contribution in [0, 0.1) is 6.92 Å². The zero-order valence-electron chi connectivity index (χ0n) is 12.5. The summed E-state index contributed by atoms with van der Waals surface area (Å²) in [6.07, 6.45) is 0. The second-order valence-corrected chi connectivity index (χ2v) is 5.51. The molecule has 0 aromatic heterocycles. The molecule has 0 fully saturated rings. The first-order valence-corrected chi connectivity index (χ1v) is 6.40. The molecule has 1 aromatic rings. The minimum Gasteiger partial charge on any atom is -0.496 e. The molecule has 0 spiro atoms. The summed E-state index contributed by atoms with van der Waals surface area (Å²) in [5.74, 6) is 0.965. The average Bonchev–Trinajstić information content (AvgIpc) is 2.29. The number of nitrogens with one attached hydrogen (secondary N) is 1. The van der Waals surface area contributed by atoms with Crippen LogP contribution >= 0.6 is 0 Å². The predicted octanol–water partition coefficient (Wildman–Crippen LogP) is 2.43. The van der Waals surface area contributed by atoms with Crippen LogP contribution in [0.25, 0.3) is 0 Å². The second kappa shape index (κ2) is 6.21. The van der Waals surface area contributed by atoms with E-state index in [9.17, 15) is 0 Å². The number of hydrogen-bond donors (Lipinski definition) is 1. The van der Waals surface area contributed by atoms with Gasteiger partial charge in [-0.15, -0.1) is 0 Å². The Labute approximate surface area is 111 Å². The maximum atomic E-state index is 5.43. The van der Waals surface area contributed by atoms with Gasteiger partial charge in [0.2, 0.25) is 0 Å². The number of aryl methyl sites for hydroxylation is 1. The van der Waals surface area contributed by atoms with E-state index in [0.717, 1.165) is 18.8 Å². The molecule has 0 amide bonds. The Bertz CT molecular complexity index is 388. The quantitative estimate of drug-likeness (QED) is 0.839. The Morgan fingerprint density at radius 3 is 2.56 bits per heavy atom. The van der Waals surface area contributed by atoms with Gasteiger partial charge in [-0.2, -0.15) is 0 Å². The summed E-state index contributed by atoms with van der Waals surface area (Å²) in [5, 5.41) is 3.24. The van der Waals surface area contributed by atoms with Crippen LogP contribution in [-0.2, 0) is 6.54 Å². The van der Waals surface area contributed by atoms with E-state index in [2.05, 4.69) is 50.2 Å². The van der Waals surface area contributed by atoms with Gasteiger partial charge in [-0.25, -0.2) is 0 Å². The SMILES string of the molecule is CNCC(C)(C)N(C)Cc1cc(C)ccc1OC. The first-order chi connectivity index (χ1) is 8.40. The number of nitrogens with zero attached hydrogens (tertiary/aromatic N) is 1. The third-order valence-electron chi connectivity index (χ3n) is 3.49. The fourth-order valence-corrected chi connectivity index (χ4v) is 2.07. The van der Waals surface area contributed by atoms with Gasteiger partial charge in [0.15, 0.2) is 0 Å². The molecule has 0 radical (unpaired) electrons. The molecule has 1 rings (SSSR count). The zero-order valence-corrected chi connectivity index (χ0v) is 12.5. The van der Waals surface area contributed by atoms with Crippen molar-refractivity contribution in [1.82, 2.24) is 10.2 Å². The largest absolute Gasteiger partial charge is 0.496 e. The van der Waals surface area contributed by atoms with E-state index in [0.29, 0.717) is 0 Å². The van der Waals surface area contributed by atoms with Gasteiger partial charge in [0.1, 0.15) is 5.75 Å². The summed E-state index contributed by atoms with van der Waals surface area (Å²) in [6.45, 7) is 8.44. The lowest BCUT2D eigenvalue weighted by Gasteiger charge is -2.36. The highest BCUT2D eigenvalue weighted by Gasteiger charge is 2.23. The van der Waals surface area contributed by atoms with Gasteiger partial charge in [0.05, 0.1) is 7.11 Å². The summed E-state index contributed by atoms with van der Waals surface area (Å²) in [4.78, 5) is 2.35. The highest BCUT2D eigenvalue weighted by Crippen LogP contribution is 2.23. The molecule has 18 heavy (non-hydrogen) atoms. The maximum Gasteiger partial charge on any atom is 0.123 e. The normalized spacial score (nSPS) is 11.9. The van der Waals surface area contributed by atoms with Crippen molar-refractivity contribution < 1.29 is 4.74 Å². The third kappa shape index (κ3) is 3.72. The van der Waals surface area contributed by atoms with Gasteiger partial charge < -0.3 is 10.1 Å². The Balaban J connectivity index is 2.86. The molecule has 0 aliphatic rings. The fourth-order valence-electron chi connectivity index (χ4n) is 2.07.